The molecule has 0 saturated carbocycles. The Morgan fingerprint density at radius 3 is 0.955 bits per heavy atom. The van der Waals surface area contributed by atoms with Crippen LogP contribution < -0.4 is 15.9 Å². The summed E-state index contributed by atoms with van der Waals surface area (Å²) in [7, 11) is -0.446. The second-order valence-electron chi connectivity index (χ2n) is 4.34. The Balaban J connectivity index is 0.000000775. The maximum absolute atomic E-state index is 7.50. The van der Waals surface area contributed by atoms with Crippen molar-refractivity contribution in [1.82, 2.24) is 0 Å². The molecule has 0 amide bonds. The standard InChI is InChI=1S/C18H15P.CO.Rh/c1-4-10-16(11-5-1)19(17-12-6-2-7-13-17)18-14-8-3-9-15-18;1-2;/h1-15H;;/q;;+2. The van der Waals surface area contributed by atoms with Crippen LogP contribution in [0.3, 0.4) is 0 Å². The molecule has 3 heteroatoms. The molecule has 0 aliphatic rings. The third-order valence-electron chi connectivity index (χ3n) is 3.04. The molecule has 3 aromatic rings. The molecule has 0 unspecified atom stereocenters. The van der Waals surface area contributed by atoms with Crippen LogP contribution in [0.5, 0.6) is 0 Å². The van der Waals surface area contributed by atoms with Crippen LogP contribution in [-0.4, -0.2) is 0 Å². The molecule has 3 aromatic carbocycles. The van der Waals surface area contributed by atoms with E-state index in [0.29, 0.717) is 0 Å². The van der Waals surface area contributed by atoms with Crippen LogP contribution in [0.1, 0.15) is 0 Å². The molecule has 1 nitrogen and oxygen atoms in total. The zero-order chi connectivity index (χ0) is 14.9. The average Bonchev–Trinajstić information content (AvgIpc) is 2.60. The minimum atomic E-state index is -0.446. The molecule has 0 N–H and O–H groups in total. The van der Waals surface area contributed by atoms with Crippen molar-refractivity contribution < 1.29 is 24.1 Å². The monoisotopic (exact) mass is 393 g/mol. The fourth-order valence-corrected chi connectivity index (χ4v) is 4.48. The van der Waals surface area contributed by atoms with Crippen LogP contribution in [0, 0.1) is 6.65 Å². The van der Waals surface area contributed by atoms with Gasteiger partial charge in [-0.15, -0.1) is 0 Å². The van der Waals surface area contributed by atoms with Crippen LogP contribution in [0.4, 0.5) is 0 Å². The second-order valence-corrected chi connectivity index (χ2v) is 6.56. The SMILES string of the molecule is [C-]#[O+].[Rh+2].c1ccc(P(c2ccccc2)c2ccccc2)cc1. The molecule has 0 heterocycles. The van der Waals surface area contributed by atoms with E-state index in [-0.39, 0.29) is 19.5 Å². The van der Waals surface area contributed by atoms with Gasteiger partial charge in [0.05, 0.1) is 0 Å². The van der Waals surface area contributed by atoms with Gasteiger partial charge in [-0.3, -0.25) is 0 Å². The van der Waals surface area contributed by atoms with Gasteiger partial charge in [-0.2, -0.15) is 0 Å². The Morgan fingerprint density at radius 2 is 0.727 bits per heavy atom. The molecular weight excluding hydrogens is 378 g/mol. The smallest absolute Gasteiger partial charge is 0.0622 e. The van der Waals surface area contributed by atoms with E-state index in [2.05, 4.69) is 97.6 Å². The molecule has 0 atom stereocenters. The summed E-state index contributed by atoms with van der Waals surface area (Å²) >= 11 is 0. The summed E-state index contributed by atoms with van der Waals surface area (Å²) in [6.07, 6.45) is 0. The maximum atomic E-state index is 7.50. The van der Waals surface area contributed by atoms with Crippen molar-refractivity contribution in [2.45, 2.75) is 0 Å². The summed E-state index contributed by atoms with van der Waals surface area (Å²) in [6.45, 7) is 4.50. The zero-order valence-corrected chi connectivity index (χ0v) is 14.4. The number of benzene rings is 3. The van der Waals surface area contributed by atoms with Gasteiger partial charge in [0.1, 0.15) is 0 Å². The molecule has 0 aromatic heterocycles. The summed E-state index contributed by atoms with van der Waals surface area (Å²) in [5.41, 5.74) is 0. The van der Waals surface area contributed by atoms with Gasteiger partial charge in [-0.1, -0.05) is 91.0 Å². The molecular formula is C19H15OPRh+2. The van der Waals surface area contributed by atoms with E-state index in [1.54, 1.807) is 0 Å². The summed E-state index contributed by atoms with van der Waals surface area (Å²) in [5.74, 6) is 0. The number of hydrogen-bond acceptors (Lipinski definition) is 0. The number of hydrogen-bond donors (Lipinski definition) is 0. The molecule has 0 spiro atoms. The first-order chi connectivity index (χ1) is 10.4. The summed E-state index contributed by atoms with van der Waals surface area (Å²) < 4.78 is 7.50. The molecule has 22 heavy (non-hydrogen) atoms. The van der Waals surface area contributed by atoms with Gasteiger partial charge in [0.15, 0.2) is 0 Å². The predicted molar refractivity (Wildman–Crippen MR) is 89.1 cm³/mol. The Kier molecular flexibility index (Phi) is 8.60. The van der Waals surface area contributed by atoms with Gasteiger partial charge in [-0.05, 0) is 23.8 Å². The van der Waals surface area contributed by atoms with Gasteiger partial charge in [-0.25, -0.2) is 0 Å². The van der Waals surface area contributed by atoms with E-state index in [1.807, 2.05) is 0 Å². The van der Waals surface area contributed by atoms with Gasteiger partial charge in [0, 0.05) is 0 Å². The van der Waals surface area contributed by atoms with E-state index in [1.165, 1.54) is 15.9 Å². The minimum Gasteiger partial charge on any atom is -0.0622 e. The number of rotatable bonds is 3. The Bertz CT molecular complexity index is 575. The van der Waals surface area contributed by atoms with Crippen molar-refractivity contribution in [1.29, 1.82) is 0 Å². The third-order valence-corrected chi connectivity index (χ3v) is 5.49. The van der Waals surface area contributed by atoms with Crippen molar-refractivity contribution in [3.8, 4) is 0 Å². The first kappa shape index (κ1) is 18.5. The van der Waals surface area contributed by atoms with Crippen molar-refractivity contribution >= 4 is 23.8 Å². The molecule has 1 radical (unpaired) electrons. The van der Waals surface area contributed by atoms with Crippen molar-refractivity contribution in [3.05, 3.63) is 97.6 Å². The first-order valence-corrected chi connectivity index (χ1v) is 7.95. The van der Waals surface area contributed by atoms with Crippen LogP contribution >= 0.6 is 7.92 Å². The van der Waals surface area contributed by atoms with Gasteiger partial charge in [0.2, 0.25) is 0 Å². The molecule has 109 valence electrons. The van der Waals surface area contributed by atoms with Crippen molar-refractivity contribution in [2.24, 2.45) is 0 Å². The Labute approximate surface area is 145 Å². The van der Waals surface area contributed by atoms with Gasteiger partial charge < -0.3 is 0 Å². The van der Waals surface area contributed by atoms with E-state index in [9.17, 15) is 0 Å². The van der Waals surface area contributed by atoms with E-state index >= 15 is 0 Å². The first-order valence-electron chi connectivity index (χ1n) is 6.61. The van der Waals surface area contributed by atoms with Crippen LogP contribution in [-0.2, 0) is 24.1 Å². The molecule has 0 fully saturated rings. The predicted octanol–water partition coefficient (Wildman–Crippen LogP) is 3.40. The van der Waals surface area contributed by atoms with Crippen LogP contribution in [0.15, 0.2) is 91.0 Å². The Morgan fingerprint density at radius 1 is 0.500 bits per heavy atom. The second kappa shape index (κ2) is 10.2. The largest absolute Gasteiger partial charge is 2.00 e. The minimum absolute atomic E-state index is 0. The Hall–Kier alpha value is -1.55. The van der Waals surface area contributed by atoms with E-state index in [0.717, 1.165) is 0 Å². The van der Waals surface area contributed by atoms with Crippen LogP contribution in [0.2, 0.25) is 0 Å². The fourth-order valence-electron chi connectivity index (χ4n) is 2.18. The maximum Gasteiger partial charge on any atom is 2.00 e. The van der Waals surface area contributed by atoms with Crippen molar-refractivity contribution in [3.63, 3.8) is 0 Å². The molecule has 0 bridgehead atoms. The van der Waals surface area contributed by atoms with Gasteiger partial charge >= 0.3 is 30.8 Å². The van der Waals surface area contributed by atoms with Crippen LogP contribution in [0.25, 0.3) is 0 Å². The molecule has 0 saturated heterocycles. The quantitative estimate of drug-likeness (QED) is 0.281. The average molecular weight is 393 g/mol. The zero-order valence-electron chi connectivity index (χ0n) is 11.8. The summed E-state index contributed by atoms with van der Waals surface area (Å²) in [6, 6.07) is 32.3. The molecule has 0 aliphatic carbocycles. The van der Waals surface area contributed by atoms with E-state index < -0.39 is 7.92 Å². The van der Waals surface area contributed by atoms with Gasteiger partial charge in [0.25, 0.3) is 0 Å². The fraction of sp³-hybridized carbons (Fsp3) is 0. The summed E-state index contributed by atoms with van der Waals surface area (Å²) in [5, 5.41) is 4.19. The normalized spacial score (nSPS) is 9.23. The molecule has 0 aliphatic heterocycles. The molecule has 3 rings (SSSR count). The summed E-state index contributed by atoms with van der Waals surface area (Å²) in [4.78, 5) is 0. The van der Waals surface area contributed by atoms with Crippen molar-refractivity contribution in [2.75, 3.05) is 0 Å². The third kappa shape index (κ3) is 4.74. The topological polar surface area (TPSA) is 19.9 Å². The van der Waals surface area contributed by atoms with E-state index in [4.69, 9.17) is 4.65 Å².